The number of aliphatic imine (C=N–C) groups is 1. The van der Waals surface area contributed by atoms with Crippen molar-refractivity contribution in [1.82, 2.24) is 0 Å². The Morgan fingerprint density at radius 1 is 1.65 bits per heavy atom. The molecule has 1 aliphatic rings. The minimum absolute atomic E-state index is 0.466. The summed E-state index contributed by atoms with van der Waals surface area (Å²) in [4.78, 5) is 4.42. The first-order valence-corrected chi connectivity index (χ1v) is 6.66. The standard InChI is InChI=1S/C12H12ClN3S/c1-2-10-7-15-12(17-10)16-9-4-3-8(6-14)11(13)5-9/h3-5,10H,2,7H2,1H3,(H,15,16). The fourth-order valence-corrected chi connectivity index (χ4v) is 2.69. The Morgan fingerprint density at radius 2 is 2.47 bits per heavy atom. The highest BCUT2D eigenvalue weighted by Gasteiger charge is 2.17. The van der Waals surface area contributed by atoms with E-state index in [1.165, 1.54) is 0 Å². The molecule has 0 aliphatic carbocycles. The van der Waals surface area contributed by atoms with Crippen LogP contribution in [0.2, 0.25) is 5.02 Å². The highest BCUT2D eigenvalue weighted by molar-refractivity contribution is 8.15. The molecule has 1 atom stereocenters. The van der Waals surface area contributed by atoms with Crippen LogP contribution in [-0.2, 0) is 0 Å². The molecule has 2 rings (SSSR count). The largest absolute Gasteiger partial charge is 0.335 e. The van der Waals surface area contributed by atoms with Gasteiger partial charge >= 0.3 is 0 Å². The number of nitrogens with one attached hydrogen (secondary N) is 1. The van der Waals surface area contributed by atoms with Crippen molar-refractivity contribution in [2.75, 3.05) is 11.9 Å². The number of benzene rings is 1. The quantitative estimate of drug-likeness (QED) is 0.890. The number of rotatable bonds is 2. The molecule has 1 N–H and O–H groups in total. The molecule has 1 unspecified atom stereocenters. The van der Waals surface area contributed by atoms with Gasteiger partial charge in [-0.15, -0.1) is 0 Å². The van der Waals surface area contributed by atoms with Crippen LogP contribution in [0.15, 0.2) is 23.2 Å². The van der Waals surface area contributed by atoms with Crippen LogP contribution in [0.25, 0.3) is 0 Å². The van der Waals surface area contributed by atoms with Gasteiger partial charge in [0.15, 0.2) is 5.17 Å². The first kappa shape index (κ1) is 12.3. The number of halogens is 1. The molecule has 0 radical (unpaired) electrons. The van der Waals surface area contributed by atoms with E-state index in [0.717, 1.165) is 23.8 Å². The van der Waals surface area contributed by atoms with Gasteiger partial charge in [0.1, 0.15) is 6.07 Å². The number of hydrogen-bond donors (Lipinski definition) is 1. The molecule has 3 nitrogen and oxygen atoms in total. The Balaban J connectivity index is 2.06. The molecule has 88 valence electrons. The highest BCUT2D eigenvalue weighted by Crippen LogP contribution is 2.26. The monoisotopic (exact) mass is 265 g/mol. The van der Waals surface area contributed by atoms with Crippen molar-refractivity contribution in [3.63, 3.8) is 0 Å². The number of hydrogen-bond acceptors (Lipinski definition) is 4. The van der Waals surface area contributed by atoms with E-state index < -0.39 is 0 Å². The Hall–Kier alpha value is -1.18. The zero-order valence-corrected chi connectivity index (χ0v) is 11.0. The third kappa shape index (κ3) is 2.93. The lowest BCUT2D eigenvalue weighted by Crippen LogP contribution is -2.06. The van der Waals surface area contributed by atoms with Gasteiger partial charge in [0.2, 0.25) is 0 Å². The smallest absolute Gasteiger partial charge is 0.161 e. The highest BCUT2D eigenvalue weighted by atomic mass is 35.5. The van der Waals surface area contributed by atoms with Crippen LogP contribution in [-0.4, -0.2) is 17.0 Å². The fraction of sp³-hybridized carbons (Fsp3) is 0.333. The van der Waals surface area contributed by atoms with Gasteiger partial charge in [-0.2, -0.15) is 5.26 Å². The van der Waals surface area contributed by atoms with Crippen molar-refractivity contribution < 1.29 is 0 Å². The zero-order chi connectivity index (χ0) is 12.3. The Kier molecular flexibility index (Phi) is 3.93. The van der Waals surface area contributed by atoms with E-state index in [9.17, 15) is 0 Å². The summed E-state index contributed by atoms with van der Waals surface area (Å²) in [6.45, 7) is 3.03. The maximum absolute atomic E-state index is 8.78. The van der Waals surface area contributed by atoms with E-state index in [1.54, 1.807) is 23.9 Å². The van der Waals surface area contributed by atoms with Gasteiger partial charge in [0, 0.05) is 10.9 Å². The Bertz CT molecular complexity index is 493. The molecule has 0 spiro atoms. The summed E-state index contributed by atoms with van der Waals surface area (Å²) in [6, 6.07) is 7.34. The van der Waals surface area contributed by atoms with Gasteiger partial charge in [0.25, 0.3) is 0 Å². The molecule has 1 aromatic rings. The second-order valence-corrected chi connectivity index (χ2v) is 5.42. The molecule has 0 bridgehead atoms. The molecule has 1 aliphatic heterocycles. The van der Waals surface area contributed by atoms with Gasteiger partial charge in [-0.3, -0.25) is 4.99 Å². The summed E-state index contributed by atoms with van der Waals surface area (Å²) < 4.78 is 0. The van der Waals surface area contributed by atoms with Crippen LogP contribution < -0.4 is 5.32 Å². The van der Waals surface area contributed by atoms with E-state index in [1.807, 2.05) is 12.1 Å². The molecular formula is C12H12ClN3S. The van der Waals surface area contributed by atoms with Gasteiger partial charge in [0.05, 0.1) is 17.1 Å². The third-order valence-corrected chi connectivity index (χ3v) is 4.10. The van der Waals surface area contributed by atoms with Crippen molar-refractivity contribution in [2.45, 2.75) is 18.6 Å². The minimum Gasteiger partial charge on any atom is -0.335 e. The predicted octanol–water partition coefficient (Wildman–Crippen LogP) is 3.50. The molecule has 0 saturated heterocycles. The SMILES string of the molecule is CCC1CN=C(Nc2ccc(C#N)c(Cl)c2)S1. The topological polar surface area (TPSA) is 48.2 Å². The maximum Gasteiger partial charge on any atom is 0.161 e. The summed E-state index contributed by atoms with van der Waals surface area (Å²) in [5.74, 6) is 0. The van der Waals surface area contributed by atoms with E-state index >= 15 is 0 Å². The number of anilines is 1. The second-order valence-electron chi connectivity index (χ2n) is 3.73. The fourth-order valence-electron chi connectivity index (χ4n) is 1.51. The van der Waals surface area contributed by atoms with Gasteiger partial charge in [-0.25, -0.2) is 0 Å². The molecule has 0 saturated carbocycles. The molecule has 17 heavy (non-hydrogen) atoms. The minimum atomic E-state index is 0.466. The normalized spacial score (nSPS) is 18.6. The number of nitrogens with zero attached hydrogens (tertiary/aromatic N) is 2. The average molecular weight is 266 g/mol. The Morgan fingerprint density at radius 3 is 3.06 bits per heavy atom. The number of nitriles is 1. The van der Waals surface area contributed by atoms with E-state index in [2.05, 4.69) is 17.2 Å². The van der Waals surface area contributed by atoms with Gasteiger partial charge < -0.3 is 5.32 Å². The van der Waals surface area contributed by atoms with Crippen molar-refractivity contribution >= 4 is 34.2 Å². The summed E-state index contributed by atoms with van der Waals surface area (Å²) in [5.41, 5.74) is 1.36. The van der Waals surface area contributed by atoms with Crippen molar-refractivity contribution in [2.24, 2.45) is 4.99 Å². The van der Waals surface area contributed by atoms with Crippen LogP contribution in [0.3, 0.4) is 0 Å². The number of thioether (sulfide) groups is 1. The molecule has 1 aromatic carbocycles. The summed E-state index contributed by atoms with van der Waals surface area (Å²) in [7, 11) is 0. The van der Waals surface area contributed by atoms with Crippen molar-refractivity contribution in [1.29, 1.82) is 5.26 Å². The molecule has 0 fully saturated rings. The molecular weight excluding hydrogens is 254 g/mol. The maximum atomic E-state index is 8.78. The second kappa shape index (κ2) is 5.44. The third-order valence-electron chi connectivity index (χ3n) is 2.51. The van der Waals surface area contributed by atoms with E-state index in [0.29, 0.717) is 15.8 Å². The van der Waals surface area contributed by atoms with Crippen LogP contribution in [0, 0.1) is 11.3 Å². The lowest BCUT2D eigenvalue weighted by Gasteiger charge is -2.07. The van der Waals surface area contributed by atoms with Crippen LogP contribution in [0.1, 0.15) is 18.9 Å². The lowest BCUT2D eigenvalue weighted by molar-refractivity contribution is 0.843. The van der Waals surface area contributed by atoms with E-state index in [4.69, 9.17) is 16.9 Å². The van der Waals surface area contributed by atoms with Gasteiger partial charge in [-0.05, 0) is 24.6 Å². The number of amidine groups is 1. The van der Waals surface area contributed by atoms with E-state index in [-0.39, 0.29) is 0 Å². The average Bonchev–Trinajstić information content (AvgIpc) is 2.77. The van der Waals surface area contributed by atoms with Crippen LogP contribution >= 0.6 is 23.4 Å². The first-order chi connectivity index (χ1) is 8.22. The summed E-state index contributed by atoms with van der Waals surface area (Å²) >= 11 is 7.71. The zero-order valence-electron chi connectivity index (χ0n) is 9.40. The van der Waals surface area contributed by atoms with Crippen molar-refractivity contribution in [3.8, 4) is 6.07 Å². The molecule has 0 aromatic heterocycles. The molecule has 1 heterocycles. The van der Waals surface area contributed by atoms with Crippen molar-refractivity contribution in [3.05, 3.63) is 28.8 Å². The Labute approximate surface area is 110 Å². The first-order valence-electron chi connectivity index (χ1n) is 5.40. The van der Waals surface area contributed by atoms with Gasteiger partial charge in [-0.1, -0.05) is 30.3 Å². The lowest BCUT2D eigenvalue weighted by atomic mass is 10.2. The van der Waals surface area contributed by atoms with Crippen LogP contribution in [0.4, 0.5) is 5.69 Å². The van der Waals surface area contributed by atoms with Crippen LogP contribution in [0.5, 0.6) is 0 Å². The summed E-state index contributed by atoms with van der Waals surface area (Å²) in [5, 5.41) is 14.0. The summed E-state index contributed by atoms with van der Waals surface area (Å²) in [6.07, 6.45) is 1.12. The molecule has 0 amide bonds. The predicted molar refractivity (Wildman–Crippen MR) is 73.8 cm³/mol. The molecule has 5 heteroatoms.